The van der Waals surface area contributed by atoms with Crippen LogP contribution in [0.5, 0.6) is 0 Å². The quantitative estimate of drug-likeness (QED) is 0.569. The maximum Gasteiger partial charge on any atom is 1.00 e. The number of carbonyl (C=O) groups is 2. The summed E-state index contributed by atoms with van der Waals surface area (Å²) in [4.78, 5) is 22.6. The zero-order valence-corrected chi connectivity index (χ0v) is 16.3. The van der Waals surface area contributed by atoms with Gasteiger partial charge in [-0.05, 0) is 47.3 Å². The second-order valence-corrected chi connectivity index (χ2v) is 7.32. The first-order chi connectivity index (χ1) is 9.63. The predicted octanol–water partition coefficient (Wildman–Crippen LogP) is -0.248. The fourth-order valence-corrected chi connectivity index (χ4v) is 3.12. The Morgan fingerprint density at radius 2 is 1.55 bits per heavy atom. The van der Waals surface area contributed by atoms with E-state index in [0.717, 1.165) is 12.8 Å². The van der Waals surface area contributed by atoms with E-state index in [2.05, 4.69) is 27.7 Å². The second-order valence-electron chi connectivity index (χ2n) is 7.32. The third-order valence-corrected chi connectivity index (χ3v) is 4.73. The number of rotatable bonds is 4. The minimum atomic E-state index is -1.18. The summed E-state index contributed by atoms with van der Waals surface area (Å²) in [6.07, 6.45) is 2.00. The molecule has 1 aliphatic carbocycles. The molecule has 0 aromatic heterocycles. The van der Waals surface area contributed by atoms with Gasteiger partial charge < -0.3 is 9.90 Å². The van der Waals surface area contributed by atoms with Crippen molar-refractivity contribution in [1.82, 2.24) is 0 Å². The van der Waals surface area contributed by atoms with Crippen molar-refractivity contribution in [2.75, 3.05) is 0 Å². The van der Waals surface area contributed by atoms with Crippen LogP contribution in [0.15, 0.2) is 18.2 Å². The summed E-state index contributed by atoms with van der Waals surface area (Å²) in [6, 6.07) is 5.84. The van der Waals surface area contributed by atoms with Gasteiger partial charge in [0.25, 0.3) is 0 Å². The Hall–Kier alpha value is -0.640. The van der Waals surface area contributed by atoms with E-state index < -0.39 is 5.97 Å². The van der Waals surface area contributed by atoms with Gasteiger partial charge in [-0.2, -0.15) is 0 Å². The third kappa shape index (κ3) is 4.01. The third-order valence-electron chi connectivity index (χ3n) is 4.73. The molecule has 4 heteroatoms. The molecule has 0 saturated heterocycles. The van der Waals surface area contributed by atoms with Gasteiger partial charge in [0.2, 0.25) is 0 Å². The summed E-state index contributed by atoms with van der Waals surface area (Å²) in [5.74, 6) is -1.30. The minimum Gasteiger partial charge on any atom is -0.550 e. The van der Waals surface area contributed by atoms with Crippen molar-refractivity contribution >= 4 is 11.8 Å². The molecule has 2 rings (SSSR count). The number of fused-ring (bicyclic) bond motifs is 1. The number of aliphatic carboxylic acids is 1. The minimum absolute atomic E-state index is 0. The summed E-state index contributed by atoms with van der Waals surface area (Å²) < 4.78 is 0. The van der Waals surface area contributed by atoms with E-state index in [0.29, 0.717) is 5.56 Å². The Bertz CT molecular complexity index is 588. The zero-order valence-electron chi connectivity index (χ0n) is 14.3. The average molecular weight is 310 g/mol. The van der Waals surface area contributed by atoms with E-state index in [-0.39, 0.29) is 59.0 Å². The summed E-state index contributed by atoms with van der Waals surface area (Å²) in [5.41, 5.74) is 3.31. The van der Waals surface area contributed by atoms with Gasteiger partial charge in [0.05, 0.1) is 0 Å². The van der Waals surface area contributed by atoms with Gasteiger partial charge >= 0.3 is 29.6 Å². The van der Waals surface area contributed by atoms with Gasteiger partial charge in [-0.1, -0.05) is 39.8 Å². The van der Waals surface area contributed by atoms with Crippen LogP contribution in [0.3, 0.4) is 0 Å². The number of hydrogen-bond acceptors (Lipinski definition) is 3. The predicted molar refractivity (Wildman–Crippen MR) is 80.3 cm³/mol. The first-order valence-electron chi connectivity index (χ1n) is 7.51. The van der Waals surface area contributed by atoms with Crippen molar-refractivity contribution in [1.29, 1.82) is 0 Å². The van der Waals surface area contributed by atoms with E-state index in [4.69, 9.17) is 0 Å². The molecule has 0 unspecified atom stereocenters. The SMILES string of the molecule is CC1(C)CCC(C)(C)c2cc(C(=O)CCC(=O)[O-])ccc21.[Na+]. The van der Waals surface area contributed by atoms with Crippen molar-refractivity contribution in [3.8, 4) is 0 Å². The molecule has 0 heterocycles. The molecule has 0 atom stereocenters. The molecule has 0 N–H and O–H groups in total. The van der Waals surface area contributed by atoms with Gasteiger partial charge in [-0.15, -0.1) is 0 Å². The molecule has 3 nitrogen and oxygen atoms in total. The van der Waals surface area contributed by atoms with E-state index in [9.17, 15) is 14.7 Å². The summed E-state index contributed by atoms with van der Waals surface area (Å²) in [5, 5.41) is 10.5. The van der Waals surface area contributed by atoms with Crippen LogP contribution in [-0.4, -0.2) is 11.8 Å². The largest absolute Gasteiger partial charge is 1.00 e. The Labute approximate surface area is 154 Å². The van der Waals surface area contributed by atoms with Crippen LogP contribution in [-0.2, 0) is 15.6 Å². The molecule has 1 aromatic rings. The summed E-state index contributed by atoms with van der Waals surface area (Å²) in [7, 11) is 0. The maximum atomic E-state index is 12.1. The Morgan fingerprint density at radius 3 is 2.09 bits per heavy atom. The Balaban J connectivity index is 0.00000242. The zero-order chi connectivity index (χ0) is 15.8. The van der Waals surface area contributed by atoms with Gasteiger partial charge in [0.1, 0.15) is 0 Å². The van der Waals surface area contributed by atoms with Crippen LogP contribution >= 0.6 is 0 Å². The summed E-state index contributed by atoms with van der Waals surface area (Å²) >= 11 is 0. The summed E-state index contributed by atoms with van der Waals surface area (Å²) in [6.45, 7) is 8.88. The fraction of sp³-hybridized carbons (Fsp3) is 0.556. The second kappa shape index (κ2) is 6.86. The smallest absolute Gasteiger partial charge is 0.550 e. The van der Waals surface area contributed by atoms with Crippen molar-refractivity contribution in [3.05, 3.63) is 34.9 Å². The monoisotopic (exact) mass is 310 g/mol. The standard InChI is InChI=1S/C18H24O3.Na/c1-17(2)9-10-18(3,4)14-11-12(5-6-13(14)17)15(19)7-8-16(20)21;/h5-6,11H,7-10H2,1-4H3,(H,20,21);/q;+1/p-1. The number of carboxylic acids is 1. The molecule has 1 aromatic carbocycles. The number of carboxylic acid groups (broad SMARTS) is 1. The van der Waals surface area contributed by atoms with Crippen molar-refractivity contribution in [3.63, 3.8) is 0 Å². The first-order valence-corrected chi connectivity index (χ1v) is 7.51. The average Bonchev–Trinajstić information content (AvgIpc) is 2.41. The van der Waals surface area contributed by atoms with Crippen molar-refractivity contribution in [2.45, 2.75) is 64.2 Å². The van der Waals surface area contributed by atoms with Crippen LogP contribution in [0.4, 0.5) is 0 Å². The molecule has 0 saturated carbocycles. The molecule has 0 spiro atoms. The fourth-order valence-electron chi connectivity index (χ4n) is 3.12. The van der Waals surface area contributed by atoms with E-state index >= 15 is 0 Å². The van der Waals surface area contributed by atoms with Crippen molar-refractivity contribution in [2.24, 2.45) is 0 Å². The topological polar surface area (TPSA) is 57.2 Å². The molecule has 0 fully saturated rings. The van der Waals surface area contributed by atoms with Gasteiger partial charge in [-0.25, -0.2) is 0 Å². The van der Waals surface area contributed by atoms with E-state index in [1.807, 2.05) is 18.2 Å². The molecule has 0 amide bonds. The molecule has 0 aliphatic heterocycles. The first kappa shape index (κ1) is 19.4. The van der Waals surface area contributed by atoms with Crippen LogP contribution in [0.1, 0.15) is 74.9 Å². The molecule has 0 bridgehead atoms. The van der Waals surface area contributed by atoms with Crippen LogP contribution in [0, 0.1) is 0 Å². The van der Waals surface area contributed by atoms with Crippen LogP contribution < -0.4 is 34.7 Å². The van der Waals surface area contributed by atoms with Crippen LogP contribution in [0.25, 0.3) is 0 Å². The van der Waals surface area contributed by atoms with Crippen molar-refractivity contribution < 1.29 is 44.3 Å². The normalized spacial score (nSPS) is 18.0. The molecule has 22 heavy (non-hydrogen) atoms. The number of carbonyl (C=O) groups excluding carboxylic acids is 2. The van der Waals surface area contributed by atoms with Gasteiger partial charge in [0.15, 0.2) is 5.78 Å². The van der Waals surface area contributed by atoms with Crippen LogP contribution in [0.2, 0.25) is 0 Å². The number of ketones is 1. The number of Topliss-reactive ketones (excluding diaryl/α,β-unsaturated/α-hetero) is 1. The number of hydrogen-bond donors (Lipinski definition) is 0. The molecule has 0 radical (unpaired) electrons. The molecule has 114 valence electrons. The molecular formula is C18H23NaO3. The van der Waals surface area contributed by atoms with E-state index in [1.54, 1.807) is 0 Å². The molecular weight excluding hydrogens is 287 g/mol. The maximum absolute atomic E-state index is 12.1. The Morgan fingerprint density at radius 1 is 1.00 bits per heavy atom. The molecule has 1 aliphatic rings. The van der Waals surface area contributed by atoms with Gasteiger partial charge in [0, 0.05) is 18.0 Å². The number of benzene rings is 1. The van der Waals surface area contributed by atoms with E-state index in [1.165, 1.54) is 11.1 Å². The van der Waals surface area contributed by atoms with Gasteiger partial charge in [-0.3, -0.25) is 4.79 Å². The Kier molecular flexibility index (Phi) is 6.05.